The van der Waals surface area contributed by atoms with E-state index in [0.29, 0.717) is 10.6 Å². The van der Waals surface area contributed by atoms with Gasteiger partial charge in [0.2, 0.25) is 0 Å². The number of nitrogens with one attached hydrogen (secondary N) is 1. The number of anilines is 1. The number of thiazole rings is 1. The van der Waals surface area contributed by atoms with E-state index in [0.717, 1.165) is 21.7 Å². The number of hydrogen-bond acceptors (Lipinski definition) is 5. The van der Waals surface area contributed by atoms with Crippen molar-refractivity contribution < 1.29 is 9.72 Å². The summed E-state index contributed by atoms with van der Waals surface area (Å²) in [7, 11) is 0. The van der Waals surface area contributed by atoms with Crippen molar-refractivity contribution >= 4 is 44.6 Å². The second-order valence-electron chi connectivity index (χ2n) is 5.50. The minimum Gasteiger partial charge on any atom is -0.321 e. The number of aryl methyl sites for hydroxylation is 1. The molecule has 0 atom stereocenters. The minimum absolute atomic E-state index is 0.0681. The maximum atomic E-state index is 12.6. The van der Waals surface area contributed by atoms with Crippen LogP contribution in [0.1, 0.15) is 15.4 Å². The zero-order valence-electron chi connectivity index (χ0n) is 13.1. The van der Waals surface area contributed by atoms with Crippen molar-refractivity contribution in [3.63, 3.8) is 0 Å². The van der Waals surface area contributed by atoms with Gasteiger partial charge in [-0.3, -0.25) is 19.3 Å². The maximum Gasteiger partial charge on any atom is 0.271 e. The van der Waals surface area contributed by atoms with E-state index >= 15 is 0 Å². The van der Waals surface area contributed by atoms with Crippen LogP contribution in [0, 0.1) is 17.0 Å². The van der Waals surface area contributed by atoms with Gasteiger partial charge in [0.15, 0.2) is 4.96 Å². The quantitative estimate of drug-likeness (QED) is 0.445. The first-order chi connectivity index (χ1) is 12.0. The molecule has 0 aliphatic heterocycles. The molecule has 0 unspecified atom stereocenters. The standard InChI is InChI=1S/C17H12N4O3S/c1-10-15(16(22)18-11-5-4-6-12(9-11)21(23)24)25-17-19-13-7-2-3-8-14(13)20(10)17/h2-9H,1H3,(H,18,22). The van der Waals surface area contributed by atoms with Gasteiger partial charge < -0.3 is 5.32 Å². The predicted octanol–water partition coefficient (Wildman–Crippen LogP) is 4.02. The number of carbonyl (C=O) groups is 1. The molecule has 0 bridgehead atoms. The monoisotopic (exact) mass is 352 g/mol. The van der Waals surface area contributed by atoms with Gasteiger partial charge in [0.25, 0.3) is 11.6 Å². The SMILES string of the molecule is Cc1c(C(=O)Nc2cccc([N+](=O)[O-])c2)sc2nc3ccccc3n12. The van der Waals surface area contributed by atoms with Crippen molar-refractivity contribution in [2.75, 3.05) is 5.32 Å². The largest absolute Gasteiger partial charge is 0.321 e. The molecule has 4 rings (SSSR count). The number of nitro benzene ring substituents is 1. The molecule has 0 spiro atoms. The highest BCUT2D eigenvalue weighted by Crippen LogP contribution is 2.28. The fraction of sp³-hybridized carbons (Fsp3) is 0.0588. The van der Waals surface area contributed by atoms with E-state index in [1.165, 1.54) is 29.5 Å². The van der Waals surface area contributed by atoms with Crippen molar-refractivity contribution in [3.05, 3.63) is 69.2 Å². The van der Waals surface area contributed by atoms with Crippen molar-refractivity contribution in [2.45, 2.75) is 6.92 Å². The van der Waals surface area contributed by atoms with Crippen LogP contribution in [-0.2, 0) is 0 Å². The zero-order valence-corrected chi connectivity index (χ0v) is 13.9. The average molecular weight is 352 g/mol. The lowest BCUT2D eigenvalue weighted by Gasteiger charge is -2.04. The smallest absolute Gasteiger partial charge is 0.271 e. The van der Waals surface area contributed by atoms with Crippen LogP contribution >= 0.6 is 11.3 Å². The first-order valence-electron chi connectivity index (χ1n) is 7.47. The highest BCUT2D eigenvalue weighted by Gasteiger charge is 2.19. The lowest BCUT2D eigenvalue weighted by atomic mass is 10.2. The summed E-state index contributed by atoms with van der Waals surface area (Å²) < 4.78 is 1.95. The Hall–Kier alpha value is -3.26. The summed E-state index contributed by atoms with van der Waals surface area (Å²) in [5.74, 6) is -0.308. The Kier molecular flexibility index (Phi) is 3.47. The molecule has 0 saturated heterocycles. The molecule has 4 aromatic rings. The fourth-order valence-electron chi connectivity index (χ4n) is 2.76. The van der Waals surface area contributed by atoms with Crippen molar-refractivity contribution in [2.24, 2.45) is 0 Å². The average Bonchev–Trinajstić information content (AvgIpc) is 3.12. The molecule has 0 fully saturated rings. The molecule has 2 aromatic heterocycles. The molecule has 1 N–H and O–H groups in total. The molecular weight excluding hydrogens is 340 g/mol. The Morgan fingerprint density at radius 2 is 2.04 bits per heavy atom. The molecule has 0 radical (unpaired) electrons. The number of nitro groups is 1. The summed E-state index contributed by atoms with van der Waals surface area (Å²) in [5, 5.41) is 13.6. The first kappa shape index (κ1) is 15.3. The van der Waals surface area contributed by atoms with Gasteiger partial charge >= 0.3 is 0 Å². The molecule has 1 amide bonds. The number of benzene rings is 2. The normalized spacial score (nSPS) is 11.1. The van der Waals surface area contributed by atoms with Crippen molar-refractivity contribution in [1.29, 1.82) is 0 Å². The number of hydrogen-bond donors (Lipinski definition) is 1. The van der Waals surface area contributed by atoms with E-state index in [4.69, 9.17) is 0 Å². The Labute approximate surface area is 145 Å². The van der Waals surface area contributed by atoms with Gasteiger partial charge in [-0.25, -0.2) is 4.98 Å². The number of amides is 1. The number of carbonyl (C=O) groups excluding carboxylic acids is 1. The van der Waals surface area contributed by atoms with E-state index in [1.54, 1.807) is 6.07 Å². The third-order valence-corrected chi connectivity index (χ3v) is 5.05. The number of rotatable bonds is 3. The Morgan fingerprint density at radius 1 is 1.24 bits per heavy atom. The third-order valence-electron chi connectivity index (χ3n) is 3.91. The second kappa shape index (κ2) is 5.67. The lowest BCUT2D eigenvalue weighted by Crippen LogP contribution is -2.12. The lowest BCUT2D eigenvalue weighted by molar-refractivity contribution is -0.384. The predicted molar refractivity (Wildman–Crippen MR) is 96.4 cm³/mol. The van der Waals surface area contributed by atoms with Crippen LogP contribution < -0.4 is 5.32 Å². The molecule has 124 valence electrons. The molecule has 8 heteroatoms. The van der Waals surface area contributed by atoms with Crippen molar-refractivity contribution in [1.82, 2.24) is 9.38 Å². The van der Waals surface area contributed by atoms with Crippen molar-refractivity contribution in [3.8, 4) is 0 Å². The van der Waals surface area contributed by atoms with Gasteiger partial charge in [-0.2, -0.15) is 0 Å². The number of nitrogens with zero attached hydrogens (tertiary/aromatic N) is 3. The number of para-hydroxylation sites is 2. The van der Waals surface area contributed by atoms with Gasteiger partial charge in [-0.15, -0.1) is 0 Å². The van der Waals surface area contributed by atoms with Gasteiger partial charge in [0, 0.05) is 23.5 Å². The van der Waals surface area contributed by atoms with Gasteiger partial charge in [-0.05, 0) is 25.1 Å². The van der Waals surface area contributed by atoms with Crippen LogP contribution in [0.25, 0.3) is 16.0 Å². The van der Waals surface area contributed by atoms with Crippen LogP contribution in [0.15, 0.2) is 48.5 Å². The van der Waals surface area contributed by atoms with Crippen LogP contribution in [0.4, 0.5) is 11.4 Å². The number of imidazole rings is 1. The number of aromatic nitrogens is 2. The summed E-state index contributed by atoms with van der Waals surface area (Å²) in [6, 6.07) is 13.6. The van der Waals surface area contributed by atoms with Crippen LogP contribution in [0.3, 0.4) is 0 Å². The second-order valence-corrected chi connectivity index (χ2v) is 6.47. The van der Waals surface area contributed by atoms with Gasteiger partial charge in [-0.1, -0.05) is 29.5 Å². The van der Waals surface area contributed by atoms with E-state index in [2.05, 4.69) is 10.3 Å². The summed E-state index contributed by atoms with van der Waals surface area (Å²) in [6.07, 6.45) is 0. The zero-order chi connectivity index (χ0) is 17.6. The molecular formula is C17H12N4O3S. The summed E-state index contributed by atoms with van der Waals surface area (Å²) in [4.78, 5) is 28.8. The summed E-state index contributed by atoms with van der Waals surface area (Å²) >= 11 is 1.29. The molecule has 7 nitrogen and oxygen atoms in total. The van der Waals surface area contributed by atoms with E-state index in [1.807, 2.05) is 35.6 Å². The van der Waals surface area contributed by atoms with Crippen LogP contribution in [0.2, 0.25) is 0 Å². The maximum absolute atomic E-state index is 12.6. The summed E-state index contributed by atoms with van der Waals surface area (Å²) in [5.41, 5.74) is 2.93. The topological polar surface area (TPSA) is 89.5 Å². The van der Waals surface area contributed by atoms with Crippen LogP contribution in [0.5, 0.6) is 0 Å². The van der Waals surface area contributed by atoms with E-state index in [9.17, 15) is 14.9 Å². The molecule has 2 heterocycles. The fourth-order valence-corrected chi connectivity index (χ4v) is 3.79. The molecule has 0 aliphatic rings. The minimum atomic E-state index is -0.494. The Morgan fingerprint density at radius 3 is 2.84 bits per heavy atom. The number of fused-ring (bicyclic) bond motifs is 3. The third kappa shape index (κ3) is 2.52. The number of non-ortho nitro benzene ring substituents is 1. The first-order valence-corrected chi connectivity index (χ1v) is 8.28. The highest BCUT2D eigenvalue weighted by molar-refractivity contribution is 7.19. The molecule has 0 aliphatic carbocycles. The van der Waals surface area contributed by atoms with Gasteiger partial charge in [0.1, 0.15) is 4.88 Å². The summed E-state index contributed by atoms with van der Waals surface area (Å²) in [6.45, 7) is 1.86. The molecule has 25 heavy (non-hydrogen) atoms. The van der Waals surface area contributed by atoms with Gasteiger partial charge in [0.05, 0.1) is 16.0 Å². The molecule has 0 saturated carbocycles. The van der Waals surface area contributed by atoms with E-state index < -0.39 is 4.92 Å². The highest BCUT2D eigenvalue weighted by atomic mass is 32.1. The Bertz CT molecular complexity index is 1150. The molecule has 2 aromatic carbocycles. The van der Waals surface area contributed by atoms with Crippen LogP contribution in [-0.4, -0.2) is 20.2 Å². The Balaban J connectivity index is 1.72. The van der Waals surface area contributed by atoms with E-state index in [-0.39, 0.29) is 11.6 Å².